The third-order valence-electron chi connectivity index (χ3n) is 4.33. The molecular weight excluding hydrogens is 318 g/mol. The lowest BCUT2D eigenvalue weighted by Crippen LogP contribution is -2.35. The summed E-state index contributed by atoms with van der Waals surface area (Å²) in [6, 6.07) is 9.90. The van der Waals surface area contributed by atoms with Crippen molar-refractivity contribution >= 4 is 11.7 Å². The maximum absolute atomic E-state index is 12.4. The molecule has 1 aromatic carbocycles. The molecule has 0 saturated heterocycles. The van der Waals surface area contributed by atoms with E-state index in [1.807, 2.05) is 38.1 Å². The van der Waals surface area contributed by atoms with Gasteiger partial charge >= 0.3 is 0 Å². The molecule has 128 valence electrons. The number of fused-ring (bicyclic) bond motifs is 2. The third kappa shape index (κ3) is 3.05. The fraction of sp³-hybridized carbons (Fsp3) is 0.333. The van der Waals surface area contributed by atoms with Crippen LogP contribution in [0.15, 0.2) is 30.3 Å². The lowest BCUT2D eigenvalue weighted by atomic mass is 9.97. The number of nitrogens with zero attached hydrogens (tertiary/aromatic N) is 4. The van der Waals surface area contributed by atoms with E-state index in [1.54, 1.807) is 4.52 Å². The molecule has 2 aromatic heterocycles. The Morgan fingerprint density at radius 1 is 1.32 bits per heavy atom. The number of hydrogen-bond acceptors (Lipinski definition) is 5. The van der Waals surface area contributed by atoms with Crippen LogP contribution in [0.3, 0.4) is 0 Å². The first-order chi connectivity index (χ1) is 12.1. The summed E-state index contributed by atoms with van der Waals surface area (Å²) in [5.41, 5.74) is 2.92. The van der Waals surface area contributed by atoms with Crippen molar-refractivity contribution in [2.45, 2.75) is 20.3 Å². The number of carbonyl (C=O) groups excluding carboxylic acids is 1. The van der Waals surface area contributed by atoms with Gasteiger partial charge in [0.05, 0.1) is 6.61 Å². The van der Waals surface area contributed by atoms with Crippen molar-refractivity contribution in [3.63, 3.8) is 0 Å². The number of rotatable bonds is 3. The molecule has 0 spiro atoms. The lowest BCUT2D eigenvalue weighted by Gasteiger charge is -2.25. The number of para-hydroxylation sites is 1. The zero-order valence-electron chi connectivity index (χ0n) is 14.2. The number of ether oxygens (including phenoxy) is 1. The van der Waals surface area contributed by atoms with Crippen LogP contribution in [0.5, 0.6) is 5.75 Å². The Bertz CT molecular complexity index is 950. The van der Waals surface area contributed by atoms with E-state index < -0.39 is 0 Å². The number of nitrogens with one attached hydrogen (secondary N) is 1. The molecule has 4 rings (SSSR count). The molecule has 7 nitrogen and oxygen atoms in total. The Hall–Kier alpha value is -2.96. The summed E-state index contributed by atoms with van der Waals surface area (Å²) in [4.78, 5) is 20.9. The fourth-order valence-corrected chi connectivity index (χ4v) is 3.10. The summed E-state index contributed by atoms with van der Waals surface area (Å²) in [6.45, 7) is 4.92. The van der Waals surface area contributed by atoms with Gasteiger partial charge in [-0.3, -0.25) is 4.79 Å². The van der Waals surface area contributed by atoms with Crippen LogP contribution in [0.4, 0.5) is 0 Å². The van der Waals surface area contributed by atoms with E-state index in [0.717, 1.165) is 23.6 Å². The van der Waals surface area contributed by atoms with Crippen LogP contribution < -0.4 is 10.1 Å². The molecule has 3 heterocycles. The highest BCUT2D eigenvalue weighted by Gasteiger charge is 2.21. The second kappa shape index (κ2) is 6.16. The van der Waals surface area contributed by atoms with Crippen LogP contribution in [0, 0.1) is 19.8 Å². The van der Waals surface area contributed by atoms with Gasteiger partial charge in [-0.25, -0.2) is 9.50 Å². The minimum atomic E-state index is -0.290. The second-order valence-electron chi connectivity index (χ2n) is 6.39. The fourth-order valence-electron chi connectivity index (χ4n) is 3.10. The van der Waals surface area contributed by atoms with Gasteiger partial charge in [-0.15, -0.1) is 5.10 Å². The van der Waals surface area contributed by atoms with E-state index in [9.17, 15) is 4.79 Å². The van der Waals surface area contributed by atoms with Gasteiger partial charge in [0, 0.05) is 23.9 Å². The molecule has 1 N–H and O–H groups in total. The van der Waals surface area contributed by atoms with Crippen molar-refractivity contribution in [3.8, 4) is 5.75 Å². The number of amides is 1. The Labute approximate surface area is 145 Å². The number of aryl methyl sites for hydroxylation is 2. The van der Waals surface area contributed by atoms with Crippen LogP contribution in [0.2, 0.25) is 0 Å². The van der Waals surface area contributed by atoms with Crippen molar-refractivity contribution in [1.29, 1.82) is 0 Å². The van der Waals surface area contributed by atoms with Gasteiger partial charge in [0.1, 0.15) is 5.75 Å². The Morgan fingerprint density at radius 2 is 2.16 bits per heavy atom. The second-order valence-corrected chi connectivity index (χ2v) is 6.39. The van der Waals surface area contributed by atoms with E-state index in [-0.39, 0.29) is 17.6 Å². The highest BCUT2D eigenvalue weighted by Crippen LogP contribution is 2.26. The highest BCUT2D eigenvalue weighted by atomic mass is 16.5. The Balaban J connectivity index is 1.44. The van der Waals surface area contributed by atoms with E-state index in [4.69, 9.17) is 4.74 Å². The topological polar surface area (TPSA) is 81.4 Å². The van der Waals surface area contributed by atoms with Crippen LogP contribution in [-0.2, 0) is 6.42 Å². The van der Waals surface area contributed by atoms with E-state index in [0.29, 0.717) is 18.9 Å². The predicted octanol–water partition coefficient (Wildman–Crippen LogP) is 1.72. The molecular formula is C18H19N5O2. The Kier molecular flexibility index (Phi) is 3.83. The van der Waals surface area contributed by atoms with Crippen molar-refractivity contribution in [3.05, 3.63) is 53.1 Å². The molecule has 3 aromatic rings. The molecule has 0 saturated carbocycles. The molecule has 1 amide bonds. The largest absolute Gasteiger partial charge is 0.493 e. The van der Waals surface area contributed by atoms with E-state index in [2.05, 4.69) is 26.4 Å². The molecule has 25 heavy (non-hydrogen) atoms. The van der Waals surface area contributed by atoms with Crippen molar-refractivity contribution in [2.75, 3.05) is 13.2 Å². The molecule has 1 aliphatic heterocycles. The van der Waals surface area contributed by atoms with Crippen LogP contribution in [0.1, 0.15) is 27.6 Å². The average Bonchev–Trinajstić information content (AvgIpc) is 3.04. The van der Waals surface area contributed by atoms with Gasteiger partial charge in [-0.2, -0.15) is 4.98 Å². The summed E-state index contributed by atoms with van der Waals surface area (Å²) in [7, 11) is 0. The van der Waals surface area contributed by atoms with Gasteiger partial charge in [0.2, 0.25) is 5.82 Å². The Morgan fingerprint density at radius 3 is 3.04 bits per heavy atom. The van der Waals surface area contributed by atoms with Gasteiger partial charge in [0.25, 0.3) is 11.7 Å². The van der Waals surface area contributed by atoms with Crippen LogP contribution in [0.25, 0.3) is 5.78 Å². The highest BCUT2D eigenvalue weighted by molar-refractivity contribution is 5.90. The smallest absolute Gasteiger partial charge is 0.291 e. The van der Waals surface area contributed by atoms with Gasteiger partial charge < -0.3 is 10.1 Å². The standard InChI is InChI=1S/C18H19N5O2/c1-11-7-12(2)23-18(20-11)21-16(22-23)17(24)19-9-13-8-14-5-3-4-6-15(14)25-10-13/h3-7,13H,8-10H2,1-2H3,(H,19,24). The first kappa shape index (κ1) is 15.6. The summed E-state index contributed by atoms with van der Waals surface area (Å²) in [5, 5.41) is 7.16. The molecule has 0 radical (unpaired) electrons. The molecule has 1 unspecified atom stereocenters. The molecule has 1 atom stereocenters. The first-order valence-corrected chi connectivity index (χ1v) is 8.30. The first-order valence-electron chi connectivity index (χ1n) is 8.30. The number of aromatic nitrogens is 4. The van der Waals surface area contributed by atoms with E-state index in [1.165, 1.54) is 5.56 Å². The van der Waals surface area contributed by atoms with Gasteiger partial charge in [-0.1, -0.05) is 18.2 Å². The minimum absolute atomic E-state index is 0.137. The van der Waals surface area contributed by atoms with Crippen molar-refractivity contribution in [1.82, 2.24) is 24.9 Å². The minimum Gasteiger partial charge on any atom is -0.493 e. The molecule has 0 aliphatic carbocycles. The maximum atomic E-state index is 12.4. The molecule has 0 bridgehead atoms. The van der Waals surface area contributed by atoms with Gasteiger partial charge in [0.15, 0.2) is 0 Å². The van der Waals surface area contributed by atoms with E-state index >= 15 is 0 Å². The van der Waals surface area contributed by atoms with Crippen LogP contribution >= 0.6 is 0 Å². The summed E-state index contributed by atoms with van der Waals surface area (Å²) >= 11 is 0. The quantitative estimate of drug-likeness (QED) is 0.787. The molecule has 1 aliphatic rings. The zero-order valence-corrected chi connectivity index (χ0v) is 14.2. The van der Waals surface area contributed by atoms with Crippen molar-refractivity contribution in [2.24, 2.45) is 5.92 Å². The average molecular weight is 337 g/mol. The number of carbonyl (C=O) groups is 1. The summed E-state index contributed by atoms with van der Waals surface area (Å²) < 4.78 is 7.34. The normalized spacial score (nSPS) is 16.3. The van der Waals surface area contributed by atoms with Gasteiger partial charge in [-0.05, 0) is 38.0 Å². The SMILES string of the molecule is Cc1cc(C)n2nc(C(=O)NCC3COc4ccccc4C3)nc2n1. The van der Waals surface area contributed by atoms with Crippen molar-refractivity contribution < 1.29 is 9.53 Å². The number of benzene rings is 1. The molecule has 7 heteroatoms. The summed E-state index contributed by atoms with van der Waals surface area (Å²) in [6.07, 6.45) is 0.884. The molecule has 0 fully saturated rings. The maximum Gasteiger partial charge on any atom is 0.291 e. The third-order valence-corrected chi connectivity index (χ3v) is 4.33. The predicted molar refractivity (Wildman–Crippen MR) is 91.7 cm³/mol. The van der Waals surface area contributed by atoms with Crippen LogP contribution in [-0.4, -0.2) is 38.6 Å². The summed E-state index contributed by atoms with van der Waals surface area (Å²) in [5.74, 6) is 1.46. The number of hydrogen-bond donors (Lipinski definition) is 1. The lowest BCUT2D eigenvalue weighted by molar-refractivity contribution is 0.0929. The monoisotopic (exact) mass is 337 g/mol. The zero-order chi connectivity index (χ0) is 17.4.